The summed E-state index contributed by atoms with van der Waals surface area (Å²) < 4.78 is 15.6. The van der Waals surface area contributed by atoms with Crippen LogP contribution in [0.1, 0.15) is 168 Å². The third-order valence-corrected chi connectivity index (χ3v) is 8.81. The molecule has 0 amide bonds. The van der Waals surface area contributed by atoms with E-state index in [2.05, 4.69) is 67.2 Å². The Morgan fingerprint density at radius 3 is 1.18 bits per heavy atom. The van der Waals surface area contributed by atoms with E-state index in [0.717, 1.165) is 64.2 Å². The average Bonchev–Trinajstić information content (AvgIpc) is 4.00. The molecule has 2 saturated heterocycles. The fraction of sp³-hybridized carbons (Fsp3) is 0.756. The number of esters is 1. The molecule has 0 radical (unpaired) electrons. The molecule has 2 rings (SSSR count). The van der Waals surface area contributed by atoms with Crippen molar-refractivity contribution in [2.24, 2.45) is 0 Å². The number of unbranched alkanes of at least 4 members (excludes halogenated alkanes) is 14. The van der Waals surface area contributed by atoms with Crippen LogP contribution in [0.25, 0.3) is 0 Å². The molecule has 7 nitrogen and oxygen atoms in total. The molecule has 2 heterocycles. The minimum atomic E-state index is -0.695. The number of rotatable bonds is 30. The average molecular weight is 683 g/mol. The van der Waals surface area contributed by atoms with Gasteiger partial charge in [-0.05, 0) is 103 Å². The molecule has 2 N–H and O–H groups in total. The van der Waals surface area contributed by atoms with Crippen LogP contribution in [0.4, 0.5) is 0 Å². The van der Waals surface area contributed by atoms with E-state index in [4.69, 9.17) is 14.6 Å². The minimum Gasteiger partial charge on any atom is -0.870 e. The van der Waals surface area contributed by atoms with Crippen LogP contribution < -0.4 is 18.9 Å². The number of allylic oxidation sites excluding steroid dienone is 6. The summed E-state index contributed by atoms with van der Waals surface area (Å²) >= 11 is 0. The summed E-state index contributed by atoms with van der Waals surface area (Å²) in [5.74, 6) is -0.802. The summed E-state index contributed by atoms with van der Waals surface area (Å²) in [4.78, 5) is 21.3. The predicted octanol–water partition coefficient (Wildman–Crippen LogP) is 8.22. The van der Waals surface area contributed by atoms with Gasteiger partial charge < -0.3 is 24.8 Å². The molecular weight excluding hydrogens is 611 g/mol. The van der Waals surface area contributed by atoms with Crippen molar-refractivity contribution < 1.29 is 53.2 Å². The van der Waals surface area contributed by atoms with Gasteiger partial charge in [0.2, 0.25) is 0 Å². The predicted molar refractivity (Wildman–Crippen MR) is 198 cm³/mol. The Bertz CT molecular complexity index is 885. The van der Waals surface area contributed by atoms with Gasteiger partial charge in [-0.25, -0.2) is 0 Å². The van der Waals surface area contributed by atoms with Crippen LogP contribution in [-0.2, 0) is 23.8 Å². The molecule has 8 heteroatoms. The van der Waals surface area contributed by atoms with Crippen molar-refractivity contribution in [2.75, 3.05) is 7.11 Å². The third-order valence-electron chi connectivity index (χ3n) is 8.81. The summed E-state index contributed by atoms with van der Waals surface area (Å²) in [6, 6.07) is 0. The van der Waals surface area contributed by atoms with E-state index in [1.54, 1.807) is 0 Å². The van der Waals surface area contributed by atoms with Crippen LogP contribution in [-0.4, -0.2) is 54.0 Å². The van der Waals surface area contributed by atoms with Crippen LogP contribution in [0.2, 0.25) is 0 Å². The molecule has 0 aromatic heterocycles. The quantitative estimate of drug-likeness (QED) is 0.0267. The molecule has 0 aromatic carbocycles. The van der Waals surface area contributed by atoms with Crippen LogP contribution >= 0.6 is 0 Å². The first-order valence-electron chi connectivity index (χ1n) is 19.2. The SMILES string of the molecule is CCC1OC1C/C=C\CCCCCCC/C=C\CCCC(=O)O.CCC1OC1C/C=C\CCCCCCC/C=C\CCCC(=O)OC.[Li+].[OH-]. The maximum Gasteiger partial charge on any atom is 1.00 e. The number of aliphatic carboxylic acids is 1. The fourth-order valence-corrected chi connectivity index (χ4v) is 5.61. The summed E-state index contributed by atoms with van der Waals surface area (Å²) in [6.45, 7) is 4.37. The van der Waals surface area contributed by atoms with Gasteiger partial charge in [0.25, 0.3) is 0 Å². The topological polar surface area (TPSA) is 119 Å². The number of carboxylic acids is 1. The minimum absolute atomic E-state index is 0. The number of hydrogen-bond donors (Lipinski definition) is 1. The van der Waals surface area contributed by atoms with Crippen LogP contribution in [0.5, 0.6) is 0 Å². The van der Waals surface area contributed by atoms with E-state index in [-0.39, 0.29) is 36.7 Å². The Morgan fingerprint density at radius 1 is 0.531 bits per heavy atom. The molecule has 2 fully saturated rings. The molecule has 278 valence electrons. The molecule has 4 atom stereocenters. The zero-order valence-corrected chi connectivity index (χ0v) is 31.8. The molecule has 2 aliphatic rings. The zero-order valence-electron chi connectivity index (χ0n) is 31.8. The van der Waals surface area contributed by atoms with E-state index in [1.807, 2.05) is 0 Å². The van der Waals surface area contributed by atoms with Gasteiger partial charge in [0, 0.05) is 12.8 Å². The van der Waals surface area contributed by atoms with Crippen LogP contribution in [0, 0.1) is 0 Å². The van der Waals surface area contributed by atoms with Gasteiger partial charge in [-0.2, -0.15) is 0 Å². The Morgan fingerprint density at radius 2 is 0.857 bits per heavy atom. The molecule has 0 saturated carbocycles. The normalized spacial score (nSPS) is 19.5. The van der Waals surface area contributed by atoms with Gasteiger partial charge >= 0.3 is 30.8 Å². The maximum atomic E-state index is 10.9. The summed E-state index contributed by atoms with van der Waals surface area (Å²) in [6.07, 6.45) is 46.7. The van der Waals surface area contributed by atoms with Crippen LogP contribution in [0.15, 0.2) is 48.6 Å². The van der Waals surface area contributed by atoms with Gasteiger partial charge in [0.05, 0.1) is 31.5 Å². The maximum absolute atomic E-state index is 10.9. The van der Waals surface area contributed by atoms with E-state index in [9.17, 15) is 9.59 Å². The van der Waals surface area contributed by atoms with Crippen molar-refractivity contribution >= 4 is 11.9 Å². The van der Waals surface area contributed by atoms with Gasteiger partial charge in [0.15, 0.2) is 0 Å². The first-order valence-corrected chi connectivity index (χ1v) is 19.2. The first-order chi connectivity index (χ1) is 23.0. The number of carbonyl (C=O) groups is 2. The van der Waals surface area contributed by atoms with Gasteiger partial charge in [0.1, 0.15) is 0 Å². The van der Waals surface area contributed by atoms with Crippen molar-refractivity contribution in [1.82, 2.24) is 0 Å². The zero-order chi connectivity index (χ0) is 34.2. The second kappa shape index (κ2) is 36.2. The monoisotopic (exact) mass is 683 g/mol. The van der Waals surface area contributed by atoms with Gasteiger partial charge in [-0.15, -0.1) is 0 Å². The Kier molecular flexibility index (Phi) is 36.5. The second-order valence-corrected chi connectivity index (χ2v) is 13.0. The standard InChI is InChI=1S/C21H36O3.C20H34O3.Li.H2O/c1-3-19-20(24-19)17-15-13-11-9-7-5-4-6-8-10-12-14-16-18-21(22)23-2;1-2-18-19(23-18)16-14-12-10-8-6-4-3-5-7-9-11-13-15-17-20(21)22;;/h10,12-13,15,19-20H,3-9,11,14,16-18H2,1-2H3;9,11-12,14,18-19H,2-8,10,13,15-17H2,1H3,(H,21,22);;1H2/q;;+1;/p-1/b12-10-,15-13-;11-9-,14-12-;;. The molecule has 0 bridgehead atoms. The number of carbonyl (C=O) groups excluding carboxylic acids is 1. The van der Waals surface area contributed by atoms with Crippen molar-refractivity contribution in [3.63, 3.8) is 0 Å². The van der Waals surface area contributed by atoms with Crippen molar-refractivity contribution in [2.45, 2.75) is 192 Å². The van der Waals surface area contributed by atoms with E-state index in [1.165, 1.54) is 84.2 Å². The van der Waals surface area contributed by atoms with Gasteiger partial charge in [-0.3, -0.25) is 9.59 Å². The number of ether oxygens (including phenoxy) is 3. The third kappa shape index (κ3) is 33.3. The molecule has 2 aliphatic heterocycles. The van der Waals surface area contributed by atoms with Crippen molar-refractivity contribution in [1.29, 1.82) is 0 Å². The number of carboxylic acid groups (broad SMARTS) is 1. The van der Waals surface area contributed by atoms with E-state index >= 15 is 0 Å². The summed E-state index contributed by atoms with van der Waals surface area (Å²) in [5.41, 5.74) is 0. The van der Waals surface area contributed by atoms with Crippen LogP contribution in [0.3, 0.4) is 0 Å². The van der Waals surface area contributed by atoms with Gasteiger partial charge in [-0.1, -0.05) is 101 Å². The first kappa shape index (κ1) is 49.5. The Balaban J connectivity index is 0. The van der Waals surface area contributed by atoms with E-state index < -0.39 is 5.97 Å². The second-order valence-electron chi connectivity index (χ2n) is 13.0. The number of methoxy groups -OCH3 is 1. The number of hydrogen-bond acceptors (Lipinski definition) is 6. The molecule has 0 aliphatic carbocycles. The molecule has 49 heavy (non-hydrogen) atoms. The molecular formula is C41H71LiO7. The summed E-state index contributed by atoms with van der Waals surface area (Å²) in [5, 5.41) is 8.52. The van der Waals surface area contributed by atoms with Crippen molar-refractivity contribution in [3.05, 3.63) is 48.6 Å². The van der Waals surface area contributed by atoms with E-state index in [0.29, 0.717) is 30.8 Å². The molecule has 4 unspecified atom stereocenters. The Labute approximate surface area is 312 Å². The largest absolute Gasteiger partial charge is 1.00 e. The molecule has 0 aromatic rings. The number of epoxide rings is 2. The smallest absolute Gasteiger partial charge is 0.870 e. The Hall–Kier alpha value is -1.62. The fourth-order valence-electron chi connectivity index (χ4n) is 5.61. The van der Waals surface area contributed by atoms with Crippen molar-refractivity contribution in [3.8, 4) is 0 Å². The summed E-state index contributed by atoms with van der Waals surface area (Å²) in [7, 11) is 1.44. The molecule has 0 spiro atoms.